The van der Waals surface area contributed by atoms with Crippen molar-refractivity contribution >= 4 is 28.1 Å². The summed E-state index contributed by atoms with van der Waals surface area (Å²) in [5, 5.41) is 0.731. The largest absolute Gasteiger partial charge is 0.487 e. The van der Waals surface area contributed by atoms with Gasteiger partial charge in [0.25, 0.3) is 0 Å². The molecule has 0 unspecified atom stereocenters. The Morgan fingerprint density at radius 3 is 2.14 bits per heavy atom. The van der Waals surface area contributed by atoms with Gasteiger partial charge in [-0.1, -0.05) is 33.8 Å². The molecule has 2 rings (SSSR count). The minimum Gasteiger partial charge on any atom is -0.416 e. The summed E-state index contributed by atoms with van der Waals surface area (Å²) >= 11 is 4.68. The Labute approximate surface area is 134 Å². The molecular weight excluding hydrogens is 315 g/mol. The van der Waals surface area contributed by atoms with Gasteiger partial charge in [-0.25, -0.2) is 4.39 Å². The van der Waals surface area contributed by atoms with E-state index in [9.17, 15) is 13.2 Å². The van der Waals surface area contributed by atoms with Gasteiger partial charge in [0.2, 0.25) is 0 Å². The van der Waals surface area contributed by atoms with Gasteiger partial charge in [-0.2, -0.15) is 0 Å². The first-order valence-electron chi connectivity index (χ1n) is 7.02. The number of nitrogen functional groups attached to an aromatic ring is 1. The van der Waals surface area contributed by atoms with Crippen LogP contribution in [0.25, 0.3) is 10.8 Å². The molecule has 0 aliphatic carbocycles. The van der Waals surface area contributed by atoms with E-state index < -0.39 is 17.1 Å². The summed E-state index contributed by atoms with van der Waals surface area (Å²) in [5.41, 5.74) is 2.64. The predicted molar refractivity (Wildman–Crippen MR) is 87.2 cm³/mol. The third-order valence-electron chi connectivity index (χ3n) is 2.46. The zero-order valence-corrected chi connectivity index (χ0v) is 14.1. The summed E-state index contributed by atoms with van der Waals surface area (Å²) in [7, 11) is 0. The topological polar surface area (TPSA) is 35.2 Å². The first kappa shape index (κ1) is 20.4. The van der Waals surface area contributed by atoms with Crippen LogP contribution >= 0.6 is 11.6 Å². The second-order valence-corrected chi connectivity index (χ2v) is 4.30. The number of ether oxygens (including phenoxy) is 1. The second-order valence-electron chi connectivity index (χ2n) is 3.86. The normalized spacial score (nSPS) is 10.2. The van der Waals surface area contributed by atoms with Crippen LogP contribution in [0.2, 0.25) is 0 Å². The smallest absolute Gasteiger partial charge is 0.416 e. The predicted octanol–water partition coefficient (Wildman–Crippen LogP) is 6.09. The summed E-state index contributed by atoms with van der Waals surface area (Å²) in [6.07, 6.45) is 0. The minimum atomic E-state index is -3.97. The Bertz CT molecular complexity index is 612. The van der Waals surface area contributed by atoms with Crippen molar-refractivity contribution in [1.82, 2.24) is 0 Å². The lowest BCUT2D eigenvalue weighted by Crippen LogP contribution is -2.17. The molecule has 0 spiro atoms. The molecule has 6 heteroatoms. The summed E-state index contributed by atoms with van der Waals surface area (Å²) in [6, 6.07) is 5.55. The standard InChI is InChI=1S/C12H9ClF3NO.2C2H6/c1-6-4-8(17)5-7-2-3-9(14)11(10(6)7)18-12(13,15)16;2*1-2/h2-5H,17H2,1H3;2*1-2H3. The molecule has 0 aliphatic heterocycles. The molecule has 22 heavy (non-hydrogen) atoms. The maximum atomic E-state index is 13.6. The van der Waals surface area contributed by atoms with Crippen molar-refractivity contribution in [1.29, 1.82) is 0 Å². The number of aryl methyl sites for hydroxylation is 1. The van der Waals surface area contributed by atoms with Crippen molar-refractivity contribution in [2.24, 2.45) is 0 Å². The van der Waals surface area contributed by atoms with Crippen LogP contribution < -0.4 is 10.5 Å². The lowest BCUT2D eigenvalue weighted by molar-refractivity contribution is -0.0974. The van der Waals surface area contributed by atoms with Gasteiger partial charge in [-0.05, 0) is 36.1 Å². The van der Waals surface area contributed by atoms with Crippen molar-refractivity contribution in [3.63, 3.8) is 0 Å². The average Bonchev–Trinajstić information content (AvgIpc) is 2.45. The molecule has 0 amide bonds. The van der Waals surface area contributed by atoms with Crippen LogP contribution in [0.3, 0.4) is 0 Å². The fourth-order valence-corrected chi connectivity index (χ4v) is 1.94. The summed E-state index contributed by atoms with van der Waals surface area (Å²) < 4.78 is 43.1. The van der Waals surface area contributed by atoms with Gasteiger partial charge < -0.3 is 10.5 Å². The Hall–Kier alpha value is -1.62. The number of hydrogen-bond acceptors (Lipinski definition) is 2. The number of nitrogens with two attached hydrogens (primary N) is 1. The Morgan fingerprint density at radius 2 is 1.64 bits per heavy atom. The third-order valence-corrected chi connectivity index (χ3v) is 2.54. The summed E-state index contributed by atoms with van der Waals surface area (Å²) in [5.74, 6) is -1.49. The molecule has 124 valence electrons. The number of alkyl halides is 3. The number of anilines is 1. The maximum absolute atomic E-state index is 13.6. The van der Waals surface area contributed by atoms with Gasteiger partial charge in [-0.3, -0.25) is 0 Å². The highest BCUT2D eigenvalue weighted by Crippen LogP contribution is 2.36. The van der Waals surface area contributed by atoms with Crippen molar-refractivity contribution < 1.29 is 17.9 Å². The lowest BCUT2D eigenvalue weighted by Gasteiger charge is -2.15. The molecule has 2 aromatic carbocycles. The van der Waals surface area contributed by atoms with E-state index in [1.54, 1.807) is 19.1 Å². The van der Waals surface area contributed by atoms with E-state index in [4.69, 9.17) is 5.73 Å². The average molecular weight is 336 g/mol. The molecule has 0 aromatic heterocycles. The molecule has 0 aliphatic rings. The van der Waals surface area contributed by atoms with Gasteiger partial charge in [-0.15, -0.1) is 8.78 Å². The molecular formula is C16H21ClF3NO. The quantitative estimate of drug-likeness (QED) is 0.532. The van der Waals surface area contributed by atoms with E-state index in [-0.39, 0.29) is 5.39 Å². The molecule has 2 nitrogen and oxygen atoms in total. The highest BCUT2D eigenvalue weighted by atomic mass is 35.5. The Balaban J connectivity index is 0.00000102. The van der Waals surface area contributed by atoms with Crippen LogP contribution in [0.15, 0.2) is 24.3 Å². The lowest BCUT2D eigenvalue weighted by atomic mass is 10.0. The van der Waals surface area contributed by atoms with E-state index in [2.05, 4.69) is 16.3 Å². The van der Waals surface area contributed by atoms with Crippen LogP contribution in [-0.2, 0) is 0 Å². The molecule has 0 saturated heterocycles. The molecule has 0 heterocycles. The fourth-order valence-electron chi connectivity index (χ4n) is 1.86. The van der Waals surface area contributed by atoms with Gasteiger partial charge in [0.1, 0.15) is 0 Å². The monoisotopic (exact) mass is 335 g/mol. The van der Waals surface area contributed by atoms with Gasteiger partial charge >= 0.3 is 5.57 Å². The number of rotatable bonds is 2. The van der Waals surface area contributed by atoms with E-state index >= 15 is 0 Å². The molecule has 2 aromatic rings. The van der Waals surface area contributed by atoms with E-state index in [0.717, 1.165) is 6.07 Å². The minimum absolute atomic E-state index is 0.226. The van der Waals surface area contributed by atoms with E-state index in [1.165, 1.54) is 6.07 Å². The summed E-state index contributed by atoms with van der Waals surface area (Å²) in [4.78, 5) is 0. The van der Waals surface area contributed by atoms with Crippen molar-refractivity contribution in [3.8, 4) is 5.75 Å². The fraction of sp³-hybridized carbons (Fsp3) is 0.375. The van der Waals surface area contributed by atoms with Crippen LogP contribution in [0.4, 0.5) is 18.9 Å². The number of hydrogen-bond donors (Lipinski definition) is 1. The van der Waals surface area contributed by atoms with Crippen LogP contribution in [0.5, 0.6) is 5.75 Å². The van der Waals surface area contributed by atoms with Gasteiger partial charge in [0.05, 0.1) is 0 Å². The highest BCUT2D eigenvalue weighted by Gasteiger charge is 2.30. The van der Waals surface area contributed by atoms with Crippen molar-refractivity contribution in [2.45, 2.75) is 40.2 Å². The van der Waals surface area contributed by atoms with E-state index in [1.807, 2.05) is 27.7 Å². The first-order valence-corrected chi connectivity index (χ1v) is 7.40. The number of halogens is 4. The molecule has 0 fully saturated rings. The van der Waals surface area contributed by atoms with Crippen molar-refractivity contribution in [3.05, 3.63) is 35.6 Å². The molecule has 0 saturated carbocycles. The zero-order chi connectivity index (χ0) is 17.5. The van der Waals surface area contributed by atoms with Gasteiger partial charge in [0.15, 0.2) is 11.6 Å². The molecule has 0 atom stereocenters. The van der Waals surface area contributed by atoms with Crippen LogP contribution in [-0.4, -0.2) is 5.57 Å². The first-order chi connectivity index (χ1) is 10.3. The SMILES string of the molecule is CC.CC.Cc1cc(N)cc2ccc(F)c(OC(F)(F)Cl)c12. The Kier molecular flexibility index (Phi) is 8.09. The number of fused-ring (bicyclic) bond motifs is 1. The zero-order valence-electron chi connectivity index (χ0n) is 13.3. The van der Waals surface area contributed by atoms with Crippen LogP contribution in [0, 0.1) is 12.7 Å². The summed E-state index contributed by atoms with van der Waals surface area (Å²) in [6.45, 7) is 9.62. The molecule has 0 bridgehead atoms. The third kappa shape index (κ3) is 5.30. The number of benzene rings is 2. The Morgan fingerprint density at radius 1 is 1.09 bits per heavy atom. The van der Waals surface area contributed by atoms with Crippen LogP contribution in [0.1, 0.15) is 33.3 Å². The maximum Gasteiger partial charge on any atom is 0.487 e. The van der Waals surface area contributed by atoms with E-state index in [0.29, 0.717) is 16.6 Å². The highest BCUT2D eigenvalue weighted by molar-refractivity contribution is 6.21. The molecule has 0 radical (unpaired) electrons. The second kappa shape index (κ2) is 8.73. The van der Waals surface area contributed by atoms with Crippen molar-refractivity contribution in [2.75, 3.05) is 5.73 Å². The molecule has 2 N–H and O–H groups in total. The van der Waals surface area contributed by atoms with Gasteiger partial charge in [0, 0.05) is 22.7 Å².